The number of carbonyl (C=O) groups is 1. The zero-order chi connectivity index (χ0) is 13.7. The van der Waals surface area contributed by atoms with Crippen LogP contribution in [0.5, 0.6) is 0 Å². The summed E-state index contributed by atoms with van der Waals surface area (Å²) in [6.45, 7) is 6.51. The average molecular weight is 270 g/mol. The van der Waals surface area contributed by atoms with E-state index < -0.39 is 0 Å². The first kappa shape index (κ1) is 14.8. The number of halogens is 1. The maximum Gasteiger partial charge on any atom is 0.310 e. The Bertz CT molecular complexity index is 418. The van der Waals surface area contributed by atoms with Gasteiger partial charge in [-0.1, -0.05) is 31.5 Å². The molecule has 18 heavy (non-hydrogen) atoms. The van der Waals surface area contributed by atoms with Crippen LogP contribution >= 0.6 is 11.6 Å². The molecule has 1 aromatic rings. The van der Waals surface area contributed by atoms with E-state index in [1.54, 1.807) is 0 Å². The Morgan fingerprint density at radius 2 is 2.11 bits per heavy atom. The lowest BCUT2D eigenvalue weighted by atomic mass is 9.96. The smallest absolute Gasteiger partial charge is 0.310 e. The minimum Gasteiger partial charge on any atom is -0.469 e. The quantitative estimate of drug-likeness (QED) is 0.832. The number of anilines is 1. The van der Waals surface area contributed by atoms with Crippen molar-refractivity contribution in [3.8, 4) is 0 Å². The van der Waals surface area contributed by atoms with Gasteiger partial charge in [-0.05, 0) is 30.5 Å². The molecule has 1 unspecified atom stereocenters. The Balaban J connectivity index is 2.73. The van der Waals surface area contributed by atoms with Crippen LogP contribution in [0.25, 0.3) is 0 Å². The Labute approximate surface area is 113 Å². The van der Waals surface area contributed by atoms with Gasteiger partial charge in [-0.25, -0.2) is 0 Å². The van der Waals surface area contributed by atoms with E-state index >= 15 is 0 Å². The molecule has 0 spiro atoms. The van der Waals surface area contributed by atoms with Gasteiger partial charge in [-0.3, -0.25) is 4.79 Å². The predicted molar refractivity (Wildman–Crippen MR) is 75.0 cm³/mol. The lowest BCUT2D eigenvalue weighted by Crippen LogP contribution is -2.29. The molecule has 0 amide bonds. The molecule has 0 fully saturated rings. The fraction of sp³-hybridized carbons (Fsp3) is 0.500. The van der Waals surface area contributed by atoms with Gasteiger partial charge in [0.15, 0.2) is 0 Å². The van der Waals surface area contributed by atoms with Gasteiger partial charge in [0.1, 0.15) is 0 Å². The number of hydrogen-bond acceptors (Lipinski definition) is 3. The molecule has 0 bridgehead atoms. The first-order valence-electron chi connectivity index (χ1n) is 6.04. The van der Waals surface area contributed by atoms with Gasteiger partial charge in [0.2, 0.25) is 0 Å². The van der Waals surface area contributed by atoms with Gasteiger partial charge in [0.05, 0.1) is 13.0 Å². The standard InChI is InChI=1S/C14H20ClNO2/c1-9(2)11(14(17)18-4)8-16-13-7-5-6-12(15)10(13)3/h5-7,9,11,16H,8H2,1-4H3. The molecule has 1 atom stereocenters. The fourth-order valence-corrected chi connectivity index (χ4v) is 1.94. The summed E-state index contributed by atoms with van der Waals surface area (Å²) in [5, 5.41) is 3.99. The molecular weight excluding hydrogens is 250 g/mol. The van der Waals surface area contributed by atoms with E-state index in [4.69, 9.17) is 16.3 Å². The van der Waals surface area contributed by atoms with Crippen LogP contribution in [0.4, 0.5) is 5.69 Å². The number of carbonyl (C=O) groups excluding carboxylic acids is 1. The van der Waals surface area contributed by atoms with E-state index in [0.29, 0.717) is 6.54 Å². The Morgan fingerprint density at radius 3 is 2.67 bits per heavy atom. The highest BCUT2D eigenvalue weighted by Crippen LogP contribution is 2.24. The van der Waals surface area contributed by atoms with Crippen LogP contribution < -0.4 is 5.32 Å². The summed E-state index contributed by atoms with van der Waals surface area (Å²) in [6.07, 6.45) is 0. The number of nitrogens with one attached hydrogen (secondary N) is 1. The van der Waals surface area contributed by atoms with Crippen molar-refractivity contribution in [1.29, 1.82) is 0 Å². The third-order valence-electron chi connectivity index (χ3n) is 3.09. The summed E-state index contributed by atoms with van der Waals surface area (Å²) in [5.41, 5.74) is 1.95. The van der Waals surface area contributed by atoms with Gasteiger partial charge in [0.25, 0.3) is 0 Å². The lowest BCUT2D eigenvalue weighted by Gasteiger charge is -2.20. The number of methoxy groups -OCH3 is 1. The maximum absolute atomic E-state index is 11.6. The second-order valence-electron chi connectivity index (χ2n) is 4.67. The fourth-order valence-electron chi connectivity index (χ4n) is 1.76. The highest BCUT2D eigenvalue weighted by Gasteiger charge is 2.22. The topological polar surface area (TPSA) is 38.3 Å². The molecule has 0 saturated carbocycles. The van der Waals surface area contributed by atoms with E-state index in [-0.39, 0.29) is 17.8 Å². The van der Waals surface area contributed by atoms with Crippen molar-refractivity contribution < 1.29 is 9.53 Å². The summed E-state index contributed by atoms with van der Waals surface area (Å²) in [6, 6.07) is 5.69. The zero-order valence-electron chi connectivity index (χ0n) is 11.3. The highest BCUT2D eigenvalue weighted by molar-refractivity contribution is 6.31. The Kier molecular flexibility index (Phi) is 5.48. The number of hydrogen-bond donors (Lipinski definition) is 1. The molecule has 1 rings (SSSR count). The van der Waals surface area contributed by atoms with Crippen molar-refractivity contribution in [1.82, 2.24) is 0 Å². The average Bonchev–Trinajstić information content (AvgIpc) is 2.33. The summed E-state index contributed by atoms with van der Waals surface area (Å²) >= 11 is 6.05. The van der Waals surface area contributed by atoms with Gasteiger partial charge in [-0.15, -0.1) is 0 Å². The van der Waals surface area contributed by atoms with Crippen molar-refractivity contribution in [2.45, 2.75) is 20.8 Å². The van der Waals surface area contributed by atoms with Crippen LogP contribution in [-0.4, -0.2) is 19.6 Å². The van der Waals surface area contributed by atoms with Crippen molar-refractivity contribution in [2.24, 2.45) is 11.8 Å². The van der Waals surface area contributed by atoms with Crippen molar-refractivity contribution >= 4 is 23.3 Å². The minimum absolute atomic E-state index is 0.159. The predicted octanol–water partition coefficient (Wildman–Crippen LogP) is 3.51. The van der Waals surface area contributed by atoms with E-state index in [1.807, 2.05) is 39.0 Å². The molecule has 1 aromatic carbocycles. The van der Waals surface area contributed by atoms with E-state index in [2.05, 4.69) is 5.32 Å². The van der Waals surface area contributed by atoms with Crippen LogP contribution in [0, 0.1) is 18.8 Å². The normalized spacial score (nSPS) is 12.3. The molecule has 0 aliphatic heterocycles. The molecule has 1 N–H and O–H groups in total. The number of rotatable bonds is 5. The third kappa shape index (κ3) is 3.64. The molecule has 3 nitrogen and oxygen atoms in total. The molecule has 0 aliphatic carbocycles. The van der Waals surface area contributed by atoms with Crippen molar-refractivity contribution in [3.63, 3.8) is 0 Å². The molecule has 0 radical (unpaired) electrons. The number of benzene rings is 1. The van der Waals surface area contributed by atoms with Crippen LogP contribution in [0.15, 0.2) is 18.2 Å². The van der Waals surface area contributed by atoms with Crippen LogP contribution in [0.3, 0.4) is 0 Å². The molecule has 0 saturated heterocycles. The van der Waals surface area contributed by atoms with Gasteiger partial charge >= 0.3 is 5.97 Å². The van der Waals surface area contributed by atoms with Crippen LogP contribution in [-0.2, 0) is 9.53 Å². The summed E-state index contributed by atoms with van der Waals surface area (Å²) in [4.78, 5) is 11.6. The lowest BCUT2D eigenvalue weighted by molar-refractivity contribution is -0.146. The summed E-state index contributed by atoms with van der Waals surface area (Å²) in [5.74, 6) is -0.116. The maximum atomic E-state index is 11.6. The molecule has 0 aliphatic rings. The van der Waals surface area contributed by atoms with Crippen molar-refractivity contribution in [3.05, 3.63) is 28.8 Å². The van der Waals surface area contributed by atoms with Crippen molar-refractivity contribution in [2.75, 3.05) is 19.0 Å². The number of esters is 1. The van der Waals surface area contributed by atoms with Gasteiger partial charge in [-0.2, -0.15) is 0 Å². The first-order chi connectivity index (χ1) is 8.47. The molecule has 100 valence electrons. The molecule has 0 aromatic heterocycles. The second-order valence-corrected chi connectivity index (χ2v) is 5.07. The summed E-state index contributed by atoms with van der Waals surface area (Å²) < 4.78 is 4.81. The van der Waals surface area contributed by atoms with Gasteiger partial charge in [0, 0.05) is 17.3 Å². The largest absolute Gasteiger partial charge is 0.469 e. The third-order valence-corrected chi connectivity index (χ3v) is 3.50. The highest BCUT2D eigenvalue weighted by atomic mass is 35.5. The van der Waals surface area contributed by atoms with E-state index in [1.165, 1.54) is 7.11 Å². The van der Waals surface area contributed by atoms with Gasteiger partial charge < -0.3 is 10.1 Å². The molecular formula is C14H20ClNO2. The minimum atomic E-state index is -0.183. The first-order valence-corrected chi connectivity index (χ1v) is 6.42. The van der Waals surface area contributed by atoms with E-state index in [0.717, 1.165) is 16.3 Å². The Hall–Kier alpha value is -1.22. The zero-order valence-corrected chi connectivity index (χ0v) is 12.0. The number of ether oxygens (including phenoxy) is 1. The molecule has 0 heterocycles. The van der Waals surface area contributed by atoms with E-state index in [9.17, 15) is 4.79 Å². The van der Waals surface area contributed by atoms with Crippen LogP contribution in [0.1, 0.15) is 19.4 Å². The second kappa shape index (κ2) is 6.64. The SMILES string of the molecule is COC(=O)C(CNc1cccc(Cl)c1C)C(C)C. The molecule has 4 heteroatoms. The monoisotopic (exact) mass is 269 g/mol. The summed E-state index contributed by atoms with van der Waals surface area (Å²) in [7, 11) is 1.42. The van der Waals surface area contributed by atoms with Crippen LogP contribution in [0.2, 0.25) is 5.02 Å². The Morgan fingerprint density at radius 1 is 1.44 bits per heavy atom.